The van der Waals surface area contributed by atoms with Crippen molar-refractivity contribution in [2.45, 2.75) is 49.3 Å². The van der Waals surface area contributed by atoms with Crippen molar-refractivity contribution in [1.82, 2.24) is 5.32 Å². The number of alkyl halides is 1. The molecule has 1 aromatic heterocycles. The Hall–Kier alpha value is -1.63. The largest absolute Gasteiger partial charge is 0.459 e. The molecule has 2 amide bonds. The number of ether oxygens (including phenoxy) is 1. The molecule has 0 saturated heterocycles. The van der Waals surface area contributed by atoms with Gasteiger partial charge in [-0.1, -0.05) is 15.9 Å². The van der Waals surface area contributed by atoms with Crippen LogP contribution in [0.3, 0.4) is 0 Å². The Morgan fingerprint density at radius 1 is 1.23 bits per heavy atom. The Morgan fingerprint density at radius 3 is 2.58 bits per heavy atom. The molecule has 1 aromatic rings. The number of hydrogen-bond donors (Lipinski definition) is 1. The maximum atomic E-state index is 12.3. The maximum Gasteiger partial charge on any atom is 0.306 e. The van der Waals surface area contributed by atoms with Gasteiger partial charge in [0.15, 0.2) is 12.4 Å². The van der Waals surface area contributed by atoms with Crippen LogP contribution in [-0.4, -0.2) is 28.7 Å². The van der Waals surface area contributed by atoms with Gasteiger partial charge >= 0.3 is 5.97 Å². The molecule has 2 unspecified atom stereocenters. The summed E-state index contributed by atoms with van der Waals surface area (Å²) in [6, 6.07) is 3.01. The second kappa shape index (κ2) is 6.51. The number of esters is 1. The summed E-state index contributed by atoms with van der Waals surface area (Å²) in [5, 5.41) is 2.15. The van der Waals surface area contributed by atoms with Gasteiger partial charge in [-0.2, -0.15) is 0 Å². The van der Waals surface area contributed by atoms with E-state index in [4.69, 9.17) is 9.15 Å². The average Bonchev–Trinajstić information content (AvgIpc) is 3.04. The van der Waals surface area contributed by atoms with Gasteiger partial charge in [0.1, 0.15) is 0 Å². The average molecular weight is 424 g/mol. The molecule has 2 atom stereocenters. The highest BCUT2D eigenvalue weighted by atomic mass is 79.9. The second-order valence-electron chi connectivity index (χ2n) is 8.30. The molecular formula is C19H22BrNO5. The zero-order valence-electron chi connectivity index (χ0n) is 14.5. The van der Waals surface area contributed by atoms with E-state index in [1.165, 1.54) is 31.6 Å². The highest BCUT2D eigenvalue weighted by Crippen LogP contribution is 2.65. The summed E-state index contributed by atoms with van der Waals surface area (Å²) in [5.41, 5.74) is 0.00509. The van der Waals surface area contributed by atoms with Crippen LogP contribution in [0, 0.1) is 17.3 Å². The number of furan rings is 1. The van der Waals surface area contributed by atoms with Gasteiger partial charge in [0.2, 0.25) is 0 Å². The fourth-order valence-electron chi connectivity index (χ4n) is 5.68. The van der Waals surface area contributed by atoms with Crippen molar-refractivity contribution < 1.29 is 23.5 Å². The number of amides is 2. The topological polar surface area (TPSA) is 85.6 Å². The molecule has 1 N–H and O–H groups in total. The molecule has 4 bridgehead atoms. The Bertz CT molecular complexity index is 714. The third-order valence-electron chi connectivity index (χ3n) is 5.99. The molecule has 26 heavy (non-hydrogen) atoms. The Balaban J connectivity index is 1.28. The van der Waals surface area contributed by atoms with Crippen LogP contribution in [0.5, 0.6) is 0 Å². The van der Waals surface area contributed by atoms with E-state index in [1.54, 1.807) is 6.07 Å². The van der Waals surface area contributed by atoms with E-state index in [0.717, 1.165) is 19.3 Å². The van der Waals surface area contributed by atoms with E-state index in [1.807, 2.05) is 0 Å². The van der Waals surface area contributed by atoms with E-state index in [9.17, 15) is 14.4 Å². The normalized spacial score (nSPS) is 34.5. The number of imide groups is 1. The number of hydrogen-bond acceptors (Lipinski definition) is 5. The van der Waals surface area contributed by atoms with Gasteiger partial charge in [-0.3, -0.25) is 19.7 Å². The van der Waals surface area contributed by atoms with Crippen molar-refractivity contribution in [3.05, 3.63) is 24.2 Å². The predicted octanol–water partition coefficient (Wildman–Crippen LogP) is 3.20. The van der Waals surface area contributed by atoms with Crippen molar-refractivity contribution in [1.29, 1.82) is 0 Å². The van der Waals surface area contributed by atoms with Crippen molar-refractivity contribution >= 4 is 33.7 Å². The lowest BCUT2D eigenvalue weighted by molar-refractivity contribution is -0.154. The van der Waals surface area contributed by atoms with Gasteiger partial charge in [-0.25, -0.2) is 0 Å². The standard InChI is InChI=1S/C19H22BrNO5/c20-19-7-12-4-13(8-19)6-18(5-12,11-19)9-16(23)26-10-15(22)21-17(24)14-2-1-3-25-14/h1-3,12-13H,4-11H2,(H,21,22,24). The van der Waals surface area contributed by atoms with E-state index in [-0.39, 0.29) is 21.5 Å². The molecule has 0 aromatic carbocycles. The van der Waals surface area contributed by atoms with Gasteiger partial charge in [-0.15, -0.1) is 0 Å². The minimum absolute atomic E-state index is 0.00509. The molecule has 1 heterocycles. The molecule has 7 heteroatoms. The van der Waals surface area contributed by atoms with Gasteiger partial charge in [0.25, 0.3) is 11.8 Å². The fourth-order valence-corrected chi connectivity index (χ4v) is 7.19. The van der Waals surface area contributed by atoms with Crippen molar-refractivity contribution in [2.24, 2.45) is 17.3 Å². The molecular weight excluding hydrogens is 402 g/mol. The van der Waals surface area contributed by atoms with Crippen LogP contribution in [0.2, 0.25) is 0 Å². The summed E-state index contributed by atoms with van der Waals surface area (Å²) in [6.07, 6.45) is 8.56. The van der Waals surface area contributed by atoms with Crippen LogP contribution in [-0.2, 0) is 14.3 Å². The molecule has 0 aliphatic heterocycles. The monoisotopic (exact) mass is 423 g/mol. The number of nitrogens with one attached hydrogen (secondary N) is 1. The summed E-state index contributed by atoms with van der Waals surface area (Å²) < 4.78 is 10.2. The van der Waals surface area contributed by atoms with E-state index >= 15 is 0 Å². The molecule has 4 aliphatic carbocycles. The Kier molecular flexibility index (Phi) is 4.45. The summed E-state index contributed by atoms with van der Waals surface area (Å²) in [5.74, 6) is -0.222. The Morgan fingerprint density at radius 2 is 1.96 bits per heavy atom. The highest BCUT2D eigenvalue weighted by Gasteiger charge is 2.57. The summed E-state index contributed by atoms with van der Waals surface area (Å²) >= 11 is 3.93. The predicted molar refractivity (Wildman–Crippen MR) is 95.5 cm³/mol. The maximum absolute atomic E-state index is 12.3. The molecule has 5 rings (SSSR count). The first-order valence-corrected chi connectivity index (χ1v) is 9.86. The zero-order valence-corrected chi connectivity index (χ0v) is 16.0. The summed E-state index contributed by atoms with van der Waals surface area (Å²) in [4.78, 5) is 35.9. The van der Waals surface area contributed by atoms with E-state index in [2.05, 4.69) is 21.2 Å². The van der Waals surface area contributed by atoms with Crippen molar-refractivity contribution in [3.63, 3.8) is 0 Å². The van der Waals surface area contributed by atoms with Gasteiger partial charge < -0.3 is 9.15 Å². The minimum atomic E-state index is -0.651. The lowest BCUT2D eigenvalue weighted by atomic mass is 9.49. The number of carbonyl (C=O) groups is 3. The molecule has 4 fully saturated rings. The molecule has 4 saturated carbocycles. The third kappa shape index (κ3) is 3.59. The lowest BCUT2D eigenvalue weighted by Crippen LogP contribution is -2.53. The SMILES string of the molecule is O=C(COC(=O)CC12CC3CC(CC(Br)(C3)C1)C2)NC(=O)c1ccco1. The van der Waals surface area contributed by atoms with Crippen LogP contribution in [0.1, 0.15) is 55.5 Å². The van der Waals surface area contributed by atoms with E-state index in [0.29, 0.717) is 18.3 Å². The first-order valence-electron chi connectivity index (χ1n) is 9.07. The van der Waals surface area contributed by atoms with Crippen LogP contribution in [0.25, 0.3) is 0 Å². The quantitative estimate of drug-likeness (QED) is 0.580. The van der Waals surface area contributed by atoms with Crippen LogP contribution < -0.4 is 5.32 Å². The molecule has 0 radical (unpaired) electrons. The van der Waals surface area contributed by atoms with Crippen molar-refractivity contribution in [2.75, 3.05) is 6.61 Å². The first-order chi connectivity index (χ1) is 12.3. The summed E-state index contributed by atoms with van der Waals surface area (Å²) in [6.45, 7) is -0.451. The minimum Gasteiger partial charge on any atom is -0.459 e. The van der Waals surface area contributed by atoms with Crippen LogP contribution in [0.15, 0.2) is 22.8 Å². The number of carbonyl (C=O) groups excluding carboxylic acids is 3. The number of rotatable bonds is 5. The second-order valence-corrected chi connectivity index (χ2v) is 9.99. The smallest absolute Gasteiger partial charge is 0.306 e. The van der Waals surface area contributed by atoms with Crippen LogP contribution >= 0.6 is 15.9 Å². The first kappa shape index (κ1) is 17.8. The molecule has 6 nitrogen and oxygen atoms in total. The van der Waals surface area contributed by atoms with Crippen LogP contribution in [0.4, 0.5) is 0 Å². The highest BCUT2D eigenvalue weighted by molar-refractivity contribution is 9.10. The fraction of sp³-hybridized carbons (Fsp3) is 0.632. The molecule has 140 valence electrons. The van der Waals surface area contributed by atoms with E-state index < -0.39 is 18.4 Å². The Labute approximate surface area is 160 Å². The third-order valence-corrected chi connectivity index (χ3v) is 6.92. The van der Waals surface area contributed by atoms with Gasteiger partial charge in [0.05, 0.1) is 12.7 Å². The molecule has 0 spiro atoms. The van der Waals surface area contributed by atoms with Crippen molar-refractivity contribution in [3.8, 4) is 0 Å². The lowest BCUT2D eigenvalue weighted by Gasteiger charge is -2.60. The zero-order chi connectivity index (χ0) is 18.4. The van der Waals surface area contributed by atoms with Gasteiger partial charge in [0, 0.05) is 4.32 Å². The number of halogens is 1. The van der Waals surface area contributed by atoms with Gasteiger partial charge in [-0.05, 0) is 67.9 Å². The molecule has 4 aliphatic rings. The summed E-state index contributed by atoms with van der Waals surface area (Å²) in [7, 11) is 0.